The number of hydrogen-bond donors (Lipinski definition) is 1. The van der Waals surface area contributed by atoms with Crippen molar-refractivity contribution in [1.82, 2.24) is 10.2 Å². The number of likely N-dealkylation sites (N-methyl/N-ethyl adjacent to an activating group) is 1. The maximum Gasteiger partial charge on any atom is 0.116 e. The normalized spacial score (nSPS) is 32.5. The van der Waals surface area contributed by atoms with Gasteiger partial charge in [-0.2, -0.15) is 5.26 Å². The van der Waals surface area contributed by atoms with Crippen LogP contribution in [0.5, 0.6) is 0 Å². The SMILES string of the molecule is CNC(C)(C#N)CN1CC(C)CC1C. The fraction of sp³-hybridized carbons (Fsp3) is 0.909. The minimum Gasteiger partial charge on any atom is -0.302 e. The van der Waals surface area contributed by atoms with Crippen molar-refractivity contribution in [3.63, 3.8) is 0 Å². The second kappa shape index (κ2) is 4.29. The van der Waals surface area contributed by atoms with E-state index in [0.29, 0.717) is 6.04 Å². The Bertz CT molecular complexity index is 233. The molecular formula is C11H21N3. The number of nitrogens with one attached hydrogen (secondary N) is 1. The monoisotopic (exact) mass is 195 g/mol. The third-order valence-electron chi connectivity index (χ3n) is 3.23. The Morgan fingerprint density at radius 3 is 2.57 bits per heavy atom. The van der Waals surface area contributed by atoms with Gasteiger partial charge in [-0.1, -0.05) is 6.92 Å². The molecule has 0 aromatic heterocycles. The smallest absolute Gasteiger partial charge is 0.116 e. The molecule has 80 valence electrons. The van der Waals surface area contributed by atoms with E-state index in [-0.39, 0.29) is 0 Å². The zero-order chi connectivity index (χ0) is 10.8. The van der Waals surface area contributed by atoms with Crippen molar-refractivity contribution in [3.05, 3.63) is 0 Å². The molecule has 0 aliphatic carbocycles. The van der Waals surface area contributed by atoms with Crippen LogP contribution in [-0.4, -0.2) is 36.6 Å². The maximum atomic E-state index is 9.06. The van der Waals surface area contributed by atoms with E-state index in [1.165, 1.54) is 6.42 Å². The third kappa shape index (κ3) is 2.46. The maximum absolute atomic E-state index is 9.06. The van der Waals surface area contributed by atoms with Crippen LogP contribution in [-0.2, 0) is 0 Å². The molecule has 0 saturated carbocycles. The van der Waals surface area contributed by atoms with Gasteiger partial charge < -0.3 is 5.32 Å². The molecule has 3 heteroatoms. The van der Waals surface area contributed by atoms with Gasteiger partial charge in [0.15, 0.2) is 0 Å². The lowest BCUT2D eigenvalue weighted by Crippen LogP contribution is -2.49. The fourth-order valence-electron chi connectivity index (χ4n) is 2.18. The summed E-state index contributed by atoms with van der Waals surface area (Å²) >= 11 is 0. The Balaban J connectivity index is 2.56. The Hall–Kier alpha value is -0.590. The molecule has 3 unspecified atom stereocenters. The van der Waals surface area contributed by atoms with Gasteiger partial charge in [-0.05, 0) is 33.2 Å². The van der Waals surface area contributed by atoms with Crippen LogP contribution >= 0.6 is 0 Å². The van der Waals surface area contributed by atoms with Gasteiger partial charge >= 0.3 is 0 Å². The van der Waals surface area contributed by atoms with Gasteiger partial charge in [-0.25, -0.2) is 0 Å². The average Bonchev–Trinajstić information content (AvgIpc) is 2.45. The summed E-state index contributed by atoms with van der Waals surface area (Å²) in [5.41, 5.74) is -0.404. The number of rotatable bonds is 3. The lowest BCUT2D eigenvalue weighted by molar-refractivity contribution is 0.217. The third-order valence-corrected chi connectivity index (χ3v) is 3.23. The summed E-state index contributed by atoms with van der Waals surface area (Å²) in [6, 6.07) is 2.95. The zero-order valence-corrected chi connectivity index (χ0v) is 9.67. The summed E-state index contributed by atoms with van der Waals surface area (Å²) < 4.78 is 0. The van der Waals surface area contributed by atoms with Crippen molar-refractivity contribution in [2.24, 2.45) is 5.92 Å². The molecule has 0 radical (unpaired) electrons. The molecule has 1 aliphatic rings. The minimum absolute atomic E-state index is 0.404. The van der Waals surface area contributed by atoms with Crippen molar-refractivity contribution < 1.29 is 0 Å². The lowest BCUT2D eigenvalue weighted by Gasteiger charge is -2.30. The molecule has 1 N–H and O–H groups in total. The van der Waals surface area contributed by atoms with E-state index < -0.39 is 5.54 Å². The predicted octanol–water partition coefficient (Wildman–Crippen LogP) is 1.22. The molecule has 1 rings (SSSR count). The van der Waals surface area contributed by atoms with Crippen LogP contribution in [0.1, 0.15) is 27.2 Å². The first-order chi connectivity index (χ1) is 6.50. The highest BCUT2D eigenvalue weighted by Gasteiger charge is 2.32. The standard InChI is InChI=1S/C11H21N3/c1-9-5-10(2)14(6-9)8-11(3,7-12)13-4/h9-10,13H,5-6,8H2,1-4H3. The van der Waals surface area contributed by atoms with Gasteiger partial charge in [0.2, 0.25) is 0 Å². The summed E-state index contributed by atoms with van der Waals surface area (Å²) in [7, 11) is 1.85. The second-order valence-electron chi connectivity index (χ2n) is 4.81. The van der Waals surface area contributed by atoms with Crippen molar-refractivity contribution >= 4 is 0 Å². The predicted molar refractivity (Wildman–Crippen MR) is 57.9 cm³/mol. The molecule has 1 heterocycles. The van der Waals surface area contributed by atoms with Gasteiger partial charge in [-0.15, -0.1) is 0 Å². The molecule has 14 heavy (non-hydrogen) atoms. The van der Waals surface area contributed by atoms with Crippen LogP contribution in [0, 0.1) is 17.2 Å². The lowest BCUT2D eigenvalue weighted by atomic mass is 10.0. The highest BCUT2D eigenvalue weighted by atomic mass is 15.2. The van der Waals surface area contributed by atoms with E-state index in [1.807, 2.05) is 14.0 Å². The van der Waals surface area contributed by atoms with E-state index in [2.05, 4.69) is 30.1 Å². The Labute approximate surface area is 87.1 Å². The minimum atomic E-state index is -0.404. The van der Waals surface area contributed by atoms with Crippen molar-refractivity contribution in [3.8, 4) is 6.07 Å². The van der Waals surface area contributed by atoms with Crippen LogP contribution < -0.4 is 5.32 Å². The first-order valence-electron chi connectivity index (χ1n) is 5.35. The summed E-state index contributed by atoms with van der Waals surface area (Å²) in [6.45, 7) is 8.44. The van der Waals surface area contributed by atoms with Crippen molar-refractivity contribution in [1.29, 1.82) is 5.26 Å². The van der Waals surface area contributed by atoms with E-state index in [9.17, 15) is 0 Å². The number of hydrogen-bond acceptors (Lipinski definition) is 3. The van der Waals surface area contributed by atoms with Crippen LogP contribution in [0.3, 0.4) is 0 Å². The van der Waals surface area contributed by atoms with Gasteiger partial charge in [0.1, 0.15) is 5.54 Å². The molecular weight excluding hydrogens is 174 g/mol. The molecule has 0 aromatic carbocycles. The number of likely N-dealkylation sites (tertiary alicyclic amines) is 1. The quantitative estimate of drug-likeness (QED) is 0.736. The molecule has 1 aliphatic heterocycles. The number of nitrogens with zero attached hydrogens (tertiary/aromatic N) is 2. The summed E-state index contributed by atoms with van der Waals surface area (Å²) in [5.74, 6) is 0.768. The van der Waals surface area contributed by atoms with E-state index >= 15 is 0 Å². The van der Waals surface area contributed by atoms with Crippen molar-refractivity contribution in [2.75, 3.05) is 20.1 Å². The summed E-state index contributed by atoms with van der Waals surface area (Å²) in [4.78, 5) is 2.41. The van der Waals surface area contributed by atoms with Crippen LogP contribution in [0.15, 0.2) is 0 Å². The van der Waals surface area contributed by atoms with Gasteiger partial charge in [-0.3, -0.25) is 4.90 Å². The average molecular weight is 195 g/mol. The highest BCUT2D eigenvalue weighted by Crippen LogP contribution is 2.23. The second-order valence-corrected chi connectivity index (χ2v) is 4.81. The molecule has 3 atom stereocenters. The van der Waals surface area contributed by atoms with Crippen LogP contribution in [0.2, 0.25) is 0 Å². The van der Waals surface area contributed by atoms with Crippen LogP contribution in [0.25, 0.3) is 0 Å². The Kier molecular flexibility index (Phi) is 3.52. The van der Waals surface area contributed by atoms with Crippen molar-refractivity contribution in [2.45, 2.75) is 38.8 Å². The van der Waals surface area contributed by atoms with E-state index in [1.54, 1.807) is 0 Å². The van der Waals surface area contributed by atoms with E-state index in [4.69, 9.17) is 5.26 Å². The summed E-state index contributed by atoms with van der Waals surface area (Å²) in [6.07, 6.45) is 1.26. The molecule has 0 bridgehead atoms. The molecule has 1 fully saturated rings. The molecule has 1 saturated heterocycles. The highest BCUT2D eigenvalue weighted by molar-refractivity contribution is 5.06. The van der Waals surface area contributed by atoms with Gasteiger partial charge in [0.25, 0.3) is 0 Å². The first kappa shape index (κ1) is 11.5. The Morgan fingerprint density at radius 1 is 1.57 bits per heavy atom. The fourth-order valence-corrected chi connectivity index (χ4v) is 2.18. The molecule has 0 aromatic rings. The van der Waals surface area contributed by atoms with Gasteiger partial charge in [0, 0.05) is 19.1 Å². The molecule has 0 amide bonds. The molecule has 0 spiro atoms. The number of nitriles is 1. The Morgan fingerprint density at radius 2 is 2.21 bits per heavy atom. The first-order valence-corrected chi connectivity index (χ1v) is 5.35. The van der Waals surface area contributed by atoms with E-state index in [0.717, 1.165) is 19.0 Å². The largest absolute Gasteiger partial charge is 0.302 e. The summed E-state index contributed by atoms with van der Waals surface area (Å²) in [5, 5.41) is 12.1. The van der Waals surface area contributed by atoms with Gasteiger partial charge in [0.05, 0.1) is 6.07 Å². The topological polar surface area (TPSA) is 39.1 Å². The molecule has 3 nitrogen and oxygen atoms in total. The zero-order valence-electron chi connectivity index (χ0n) is 9.67. The van der Waals surface area contributed by atoms with Crippen LogP contribution in [0.4, 0.5) is 0 Å².